The highest BCUT2D eigenvalue weighted by molar-refractivity contribution is 7.21. The Balaban J connectivity index is 1.89. The van der Waals surface area contributed by atoms with Gasteiger partial charge in [0.25, 0.3) is 0 Å². The lowest BCUT2D eigenvalue weighted by atomic mass is 9.89. The SMILES string of the molecule is CC(C)OC(=O)c1sc2nc(N3CCCCC3)c3c(c2c1N)CC(C)(C)OC3. The van der Waals surface area contributed by atoms with Crippen molar-refractivity contribution in [2.24, 2.45) is 0 Å². The molecule has 0 atom stereocenters. The molecule has 4 rings (SSSR count). The first-order valence-electron chi connectivity index (χ1n) is 10.1. The molecule has 2 aromatic rings. The van der Waals surface area contributed by atoms with E-state index in [1.807, 2.05) is 13.8 Å². The maximum Gasteiger partial charge on any atom is 0.350 e. The Labute approximate surface area is 170 Å². The molecule has 6 nitrogen and oxygen atoms in total. The van der Waals surface area contributed by atoms with Crippen LogP contribution in [0.3, 0.4) is 0 Å². The Kier molecular flexibility index (Phi) is 5.00. The zero-order chi connectivity index (χ0) is 20.1. The molecule has 0 saturated carbocycles. The number of fused-ring (bicyclic) bond motifs is 3. The summed E-state index contributed by atoms with van der Waals surface area (Å²) >= 11 is 1.35. The van der Waals surface area contributed by atoms with Gasteiger partial charge in [-0.2, -0.15) is 0 Å². The van der Waals surface area contributed by atoms with Gasteiger partial charge in [0.15, 0.2) is 0 Å². The summed E-state index contributed by atoms with van der Waals surface area (Å²) in [4.78, 5) is 21.2. The van der Waals surface area contributed by atoms with Crippen LogP contribution in [0.2, 0.25) is 0 Å². The molecule has 2 N–H and O–H groups in total. The fraction of sp³-hybridized carbons (Fsp3) is 0.619. The van der Waals surface area contributed by atoms with Crippen molar-refractivity contribution in [1.82, 2.24) is 4.98 Å². The largest absolute Gasteiger partial charge is 0.459 e. The Morgan fingerprint density at radius 3 is 2.64 bits per heavy atom. The summed E-state index contributed by atoms with van der Waals surface area (Å²) in [6, 6.07) is 0. The van der Waals surface area contributed by atoms with Crippen LogP contribution >= 0.6 is 11.3 Å². The smallest absolute Gasteiger partial charge is 0.350 e. The summed E-state index contributed by atoms with van der Waals surface area (Å²) < 4.78 is 11.5. The maximum atomic E-state index is 12.6. The zero-order valence-corrected chi connectivity index (χ0v) is 17.9. The number of ether oxygens (including phenoxy) is 2. The number of piperidine rings is 1. The third kappa shape index (κ3) is 3.46. The normalized spacial score (nSPS) is 19.1. The van der Waals surface area contributed by atoms with E-state index in [4.69, 9.17) is 20.2 Å². The lowest BCUT2D eigenvalue weighted by Crippen LogP contribution is -2.36. The van der Waals surface area contributed by atoms with Crippen molar-refractivity contribution in [3.05, 3.63) is 16.0 Å². The monoisotopic (exact) mass is 403 g/mol. The van der Waals surface area contributed by atoms with Crippen molar-refractivity contribution < 1.29 is 14.3 Å². The van der Waals surface area contributed by atoms with E-state index < -0.39 is 0 Å². The third-order valence-electron chi connectivity index (χ3n) is 5.46. The van der Waals surface area contributed by atoms with Gasteiger partial charge in [0, 0.05) is 30.5 Å². The Bertz CT molecular complexity index is 913. The lowest BCUT2D eigenvalue weighted by molar-refractivity contribution is -0.0395. The van der Waals surface area contributed by atoms with Crippen LogP contribution in [0.1, 0.15) is 67.8 Å². The van der Waals surface area contributed by atoms with E-state index in [0.717, 1.165) is 41.1 Å². The van der Waals surface area contributed by atoms with Gasteiger partial charge < -0.3 is 20.1 Å². The molecule has 0 spiro atoms. The van der Waals surface area contributed by atoms with Crippen molar-refractivity contribution in [1.29, 1.82) is 0 Å². The van der Waals surface area contributed by atoms with Crippen LogP contribution in [-0.2, 0) is 22.5 Å². The summed E-state index contributed by atoms with van der Waals surface area (Å²) in [5.41, 5.74) is 9.01. The van der Waals surface area contributed by atoms with E-state index in [-0.39, 0.29) is 17.7 Å². The van der Waals surface area contributed by atoms with Gasteiger partial charge in [-0.05, 0) is 52.5 Å². The van der Waals surface area contributed by atoms with Crippen LogP contribution in [0.15, 0.2) is 0 Å². The molecule has 2 aliphatic heterocycles. The second kappa shape index (κ2) is 7.19. The Morgan fingerprint density at radius 2 is 1.96 bits per heavy atom. The Hall–Kier alpha value is -1.86. The number of nitrogens with two attached hydrogens (primary N) is 1. The summed E-state index contributed by atoms with van der Waals surface area (Å²) in [6.45, 7) is 10.4. The lowest BCUT2D eigenvalue weighted by Gasteiger charge is -2.36. The number of thiophene rings is 1. The molecule has 2 aromatic heterocycles. The van der Waals surface area contributed by atoms with Crippen molar-refractivity contribution >= 4 is 39.0 Å². The summed E-state index contributed by atoms with van der Waals surface area (Å²) in [6.07, 6.45) is 4.19. The third-order valence-corrected chi connectivity index (χ3v) is 6.54. The molecule has 4 heterocycles. The van der Waals surface area contributed by atoms with Crippen molar-refractivity contribution in [3.63, 3.8) is 0 Å². The van der Waals surface area contributed by atoms with Crippen LogP contribution in [0.5, 0.6) is 0 Å². The highest BCUT2D eigenvalue weighted by atomic mass is 32.1. The van der Waals surface area contributed by atoms with Crippen molar-refractivity contribution in [2.45, 2.75) is 71.7 Å². The summed E-state index contributed by atoms with van der Waals surface area (Å²) in [5, 5.41) is 0.910. The number of carbonyl (C=O) groups excluding carboxylic acids is 1. The molecular formula is C21H29N3O3S. The minimum atomic E-state index is -0.366. The van der Waals surface area contributed by atoms with E-state index in [0.29, 0.717) is 17.2 Å². The van der Waals surface area contributed by atoms with Crippen LogP contribution in [-0.4, -0.2) is 35.7 Å². The molecule has 0 bridgehead atoms. The Morgan fingerprint density at radius 1 is 1.25 bits per heavy atom. The van der Waals surface area contributed by atoms with Gasteiger partial charge in [-0.25, -0.2) is 9.78 Å². The molecule has 152 valence electrons. The molecule has 7 heteroatoms. The molecule has 0 amide bonds. The van der Waals surface area contributed by atoms with E-state index in [1.165, 1.54) is 36.2 Å². The van der Waals surface area contributed by atoms with Crippen LogP contribution in [0.4, 0.5) is 11.5 Å². The maximum absolute atomic E-state index is 12.6. The predicted octanol–water partition coefficient (Wildman–Crippen LogP) is 4.29. The first-order chi connectivity index (χ1) is 13.3. The average Bonchev–Trinajstić information content (AvgIpc) is 2.97. The van der Waals surface area contributed by atoms with Crippen molar-refractivity contribution in [3.8, 4) is 0 Å². The van der Waals surface area contributed by atoms with Gasteiger partial charge in [-0.1, -0.05) is 0 Å². The highest BCUT2D eigenvalue weighted by Gasteiger charge is 2.34. The number of esters is 1. The molecular weight excluding hydrogens is 374 g/mol. The number of nitrogens with zero attached hydrogens (tertiary/aromatic N) is 2. The van der Waals surface area contributed by atoms with Crippen molar-refractivity contribution in [2.75, 3.05) is 23.7 Å². The zero-order valence-electron chi connectivity index (χ0n) is 17.1. The topological polar surface area (TPSA) is 77.7 Å². The minimum Gasteiger partial charge on any atom is -0.459 e. The van der Waals surface area contributed by atoms with E-state index in [1.54, 1.807) is 0 Å². The molecule has 0 radical (unpaired) electrons. The molecule has 28 heavy (non-hydrogen) atoms. The summed E-state index contributed by atoms with van der Waals surface area (Å²) in [5.74, 6) is 0.637. The van der Waals surface area contributed by atoms with E-state index in [9.17, 15) is 4.79 Å². The quantitative estimate of drug-likeness (QED) is 0.771. The minimum absolute atomic E-state index is 0.185. The van der Waals surface area contributed by atoms with Gasteiger partial charge >= 0.3 is 5.97 Å². The van der Waals surface area contributed by atoms with Gasteiger partial charge in [-0.3, -0.25) is 0 Å². The number of hydrogen-bond donors (Lipinski definition) is 1. The number of aromatic nitrogens is 1. The van der Waals surface area contributed by atoms with E-state index >= 15 is 0 Å². The number of carbonyl (C=O) groups is 1. The van der Waals surface area contributed by atoms with Gasteiger partial charge in [0.1, 0.15) is 15.5 Å². The number of rotatable bonds is 3. The fourth-order valence-electron chi connectivity index (χ4n) is 4.13. The summed E-state index contributed by atoms with van der Waals surface area (Å²) in [7, 11) is 0. The predicted molar refractivity (Wildman–Crippen MR) is 113 cm³/mol. The van der Waals surface area contributed by atoms with E-state index in [2.05, 4.69) is 18.7 Å². The fourth-order valence-corrected chi connectivity index (χ4v) is 5.13. The van der Waals surface area contributed by atoms with Gasteiger partial charge in [-0.15, -0.1) is 11.3 Å². The number of anilines is 2. The molecule has 2 aliphatic rings. The van der Waals surface area contributed by atoms with Crippen LogP contribution in [0.25, 0.3) is 10.2 Å². The highest BCUT2D eigenvalue weighted by Crippen LogP contribution is 2.44. The van der Waals surface area contributed by atoms with Gasteiger partial charge in [0.2, 0.25) is 0 Å². The van der Waals surface area contributed by atoms with Crippen LogP contribution < -0.4 is 10.6 Å². The molecule has 1 fully saturated rings. The first-order valence-corrected chi connectivity index (χ1v) is 10.9. The van der Waals surface area contributed by atoms with Gasteiger partial charge in [0.05, 0.1) is 24.0 Å². The molecule has 1 saturated heterocycles. The molecule has 0 aliphatic carbocycles. The number of hydrogen-bond acceptors (Lipinski definition) is 7. The van der Waals surface area contributed by atoms with Crippen LogP contribution in [0, 0.1) is 0 Å². The average molecular weight is 404 g/mol. The molecule has 0 unspecified atom stereocenters. The first kappa shape index (κ1) is 19.5. The number of nitrogen functional groups attached to an aromatic ring is 1. The second-order valence-electron chi connectivity index (χ2n) is 8.64. The second-order valence-corrected chi connectivity index (χ2v) is 9.64. The molecule has 0 aromatic carbocycles. The standard InChI is InChI=1S/C21H29N3O3S/c1-12(2)27-20(25)17-16(22)15-13-10-21(3,4)26-11-14(13)18(23-19(15)28-17)24-8-6-5-7-9-24/h12H,5-11,22H2,1-4H3. The number of pyridine rings is 1.